The number of carbonyl (C=O) groups excluding carboxylic acids is 1. The summed E-state index contributed by atoms with van der Waals surface area (Å²) >= 11 is 1.73. The Morgan fingerprint density at radius 1 is 1.12 bits per heavy atom. The molecule has 2 aromatic heterocycles. The molecule has 1 fully saturated rings. The van der Waals surface area contributed by atoms with Crippen molar-refractivity contribution in [1.29, 1.82) is 0 Å². The van der Waals surface area contributed by atoms with Crippen LogP contribution >= 0.6 is 23.7 Å². The van der Waals surface area contributed by atoms with Gasteiger partial charge in [0.1, 0.15) is 5.58 Å². The van der Waals surface area contributed by atoms with Crippen molar-refractivity contribution < 1.29 is 9.21 Å². The van der Waals surface area contributed by atoms with Crippen molar-refractivity contribution in [3.05, 3.63) is 58.5 Å². The molecule has 0 spiro atoms. The van der Waals surface area contributed by atoms with Crippen LogP contribution in [0.3, 0.4) is 0 Å². The molecule has 0 bridgehead atoms. The maximum atomic E-state index is 12.6. The van der Waals surface area contributed by atoms with E-state index in [9.17, 15) is 4.79 Å². The molecular formula is C18H19ClN2O2S. The first-order valence-electron chi connectivity index (χ1n) is 7.81. The number of carbonyl (C=O) groups is 1. The highest BCUT2D eigenvalue weighted by Crippen LogP contribution is 2.21. The van der Waals surface area contributed by atoms with Crippen molar-refractivity contribution in [1.82, 2.24) is 9.80 Å². The van der Waals surface area contributed by atoms with Crippen molar-refractivity contribution in [2.75, 3.05) is 26.2 Å². The van der Waals surface area contributed by atoms with Gasteiger partial charge in [-0.1, -0.05) is 18.2 Å². The number of hydrogen-bond donors (Lipinski definition) is 0. The predicted molar refractivity (Wildman–Crippen MR) is 99.0 cm³/mol. The number of nitrogens with zero attached hydrogens (tertiary/aromatic N) is 2. The van der Waals surface area contributed by atoms with Crippen LogP contribution in [-0.2, 0) is 6.54 Å². The summed E-state index contributed by atoms with van der Waals surface area (Å²) in [7, 11) is 0. The molecule has 0 aliphatic carbocycles. The lowest BCUT2D eigenvalue weighted by Crippen LogP contribution is -2.48. The third-order valence-electron chi connectivity index (χ3n) is 4.28. The molecule has 0 unspecified atom stereocenters. The summed E-state index contributed by atoms with van der Waals surface area (Å²) in [5.74, 6) is 0.439. The molecule has 1 amide bonds. The highest BCUT2D eigenvalue weighted by molar-refractivity contribution is 7.07. The van der Waals surface area contributed by atoms with E-state index in [1.54, 1.807) is 11.3 Å². The van der Waals surface area contributed by atoms with Crippen LogP contribution in [0.5, 0.6) is 0 Å². The van der Waals surface area contributed by atoms with Crippen LogP contribution in [0.15, 0.2) is 51.6 Å². The van der Waals surface area contributed by atoms with Gasteiger partial charge in [0.15, 0.2) is 5.76 Å². The van der Waals surface area contributed by atoms with E-state index in [0.29, 0.717) is 5.76 Å². The molecule has 0 N–H and O–H groups in total. The molecule has 4 rings (SSSR count). The number of halogens is 1. The molecule has 1 aliphatic heterocycles. The van der Waals surface area contributed by atoms with Crippen LogP contribution in [0.1, 0.15) is 16.1 Å². The van der Waals surface area contributed by atoms with Gasteiger partial charge < -0.3 is 9.32 Å². The summed E-state index contributed by atoms with van der Waals surface area (Å²) in [6.07, 6.45) is 0. The fourth-order valence-corrected chi connectivity index (χ4v) is 3.65. The highest BCUT2D eigenvalue weighted by Gasteiger charge is 2.24. The van der Waals surface area contributed by atoms with Crippen LogP contribution in [-0.4, -0.2) is 41.9 Å². The summed E-state index contributed by atoms with van der Waals surface area (Å²) in [4.78, 5) is 16.9. The van der Waals surface area contributed by atoms with Crippen LogP contribution in [0.25, 0.3) is 11.0 Å². The lowest BCUT2D eigenvalue weighted by atomic mass is 10.2. The van der Waals surface area contributed by atoms with Gasteiger partial charge in [0.25, 0.3) is 5.91 Å². The minimum absolute atomic E-state index is 0. The molecule has 0 radical (unpaired) electrons. The fraction of sp³-hybridized carbons (Fsp3) is 0.278. The van der Waals surface area contributed by atoms with E-state index >= 15 is 0 Å². The Kier molecular flexibility index (Phi) is 5.23. The number of amides is 1. The van der Waals surface area contributed by atoms with Crippen molar-refractivity contribution >= 4 is 40.6 Å². The zero-order valence-corrected chi connectivity index (χ0v) is 14.8. The van der Waals surface area contributed by atoms with E-state index in [4.69, 9.17) is 4.42 Å². The van der Waals surface area contributed by atoms with Crippen molar-refractivity contribution in [2.24, 2.45) is 0 Å². The summed E-state index contributed by atoms with van der Waals surface area (Å²) in [6.45, 7) is 4.28. The lowest BCUT2D eigenvalue weighted by Gasteiger charge is -2.34. The minimum Gasteiger partial charge on any atom is -0.451 e. The van der Waals surface area contributed by atoms with E-state index < -0.39 is 0 Å². The summed E-state index contributed by atoms with van der Waals surface area (Å²) in [5.41, 5.74) is 2.12. The zero-order valence-electron chi connectivity index (χ0n) is 13.2. The number of hydrogen-bond acceptors (Lipinski definition) is 4. The van der Waals surface area contributed by atoms with E-state index in [1.165, 1.54) is 5.56 Å². The van der Waals surface area contributed by atoms with Gasteiger partial charge in [0.2, 0.25) is 0 Å². The molecule has 3 aromatic rings. The Bertz CT molecular complexity index is 774. The summed E-state index contributed by atoms with van der Waals surface area (Å²) < 4.78 is 5.69. The molecular weight excluding hydrogens is 344 g/mol. The molecule has 1 saturated heterocycles. The van der Waals surface area contributed by atoms with Gasteiger partial charge in [-0.15, -0.1) is 12.4 Å². The quantitative estimate of drug-likeness (QED) is 0.709. The number of furan rings is 1. The molecule has 126 valence electrons. The average molecular weight is 363 g/mol. The van der Waals surface area contributed by atoms with Crippen LogP contribution < -0.4 is 0 Å². The van der Waals surface area contributed by atoms with Crippen LogP contribution in [0.4, 0.5) is 0 Å². The molecule has 3 heterocycles. The lowest BCUT2D eigenvalue weighted by molar-refractivity contribution is 0.0600. The number of thiophene rings is 1. The molecule has 4 nitrogen and oxygen atoms in total. The number of piperazine rings is 1. The Hall–Kier alpha value is -1.82. The standard InChI is InChI=1S/C18H18N2O2S.ClH/c21-18(17-11-15-3-1-2-4-16(15)22-17)20-8-6-19(7-9-20)12-14-5-10-23-13-14;/h1-5,10-11,13H,6-9,12H2;1H. The Morgan fingerprint density at radius 2 is 1.92 bits per heavy atom. The second kappa shape index (κ2) is 7.38. The molecule has 1 aliphatic rings. The van der Waals surface area contributed by atoms with Crippen LogP contribution in [0, 0.1) is 0 Å². The van der Waals surface area contributed by atoms with Gasteiger partial charge in [-0.2, -0.15) is 11.3 Å². The van der Waals surface area contributed by atoms with Crippen molar-refractivity contribution in [2.45, 2.75) is 6.54 Å². The number of rotatable bonds is 3. The maximum Gasteiger partial charge on any atom is 0.289 e. The summed E-state index contributed by atoms with van der Waals surface area (Å²) in [5, 5.41) is 5.27. The van der Waals surface area contributed by atoms with E-state index in [0.717, 1.165) is 43.7 Å². The second-order valence-corrected chi connectivity index (χ2v) is 6.63. The van der Waals surface area contributed by atoms with E-state index in [1.807, 2.05) is 35.2 Å². The van der Waals surface area contributed by atoms with E-state index in [-0.39, 0.29) is 18.3 Å². The minimum atomic E-state index is -0.00335. The van der Waals surface area contributed by atoms with Crippen molar-refractivity contribution in [3.8, 4) is 0 Å². The molecule has 0 atom stereocenters. The Labute approximate surface area is 151 Å². The first-order valence-corrected chi connectivity index (χ1v) is 8.75. The van der Waals surface area contributed by atoms with Gasteiger partial charge in [0.05, 0.1) is 0 Å². The normalized spacial score (nSPS) is 15.4. The van der Waals surface area contributed by atoms with E-state index in [2.05, 4.69) is 21.7 Å². The third kappa shape index (κ3) is 3.48. The van der Waals surface area contributed by atoms with Gasteiger partial charge in [-0.05, 0) is 34.5 Å². The molecule has 6 heteroatoms. The van der Waals surface area contributed by atoms with Crippen molar-refractivity contribution in [3.63, 3.8) is 0 Å². The SMILES string of the molecule is Cl.O=C(c1cc2ccccc2o1)N1CCN(Cc2ccsc2)CC1. The van der Waals surface area contributed by atoms with Gasteiger partial charge in [0, 0.05) is 38.1 Å². The molecule has 0 saturated carbocycles. The number of fused-ring (bicyclic) bond motifs is 1. The number of benzene rings is 1. The largest absolute Gasteiger partial charge is 0.451 e. The van der Waals surface area contributed by atoms with Gasteiger partial charge >= 0.3 is 0 Å². The summed E-state index contributed by atoms with van der Waals surface area (Å²) in [6, 6.07) is 11.7. The number of para-hydroxylation sites is 1. The average Bonchev–Trinajstić information content (AvgIpc) is 3.24. The van der Waals surface area contributed by atoms with Crippen LogP contribution in [0.2, 0.25) is 0 Å². The van der Waals surface area contributed by atoms with Gasteiger partial charge in [-0.25, -0.2) is 0 Å². The smallest absolute Gasteiger partial charge is 0.289 e. The zero-order chi connectivity index (χ0) is 15.6. The van der Waals surface area contributed by atoms with Gasteiger partial charge in [-0.3, -0.25) is 9.69 Å². The fourth-order valence-electron chi connectivity index (χ4n) is 2.99. The highest BCUT2D eigenvalue weighted by atomic mass is 35.5. The molecule has 1 aromatic carbocycles. The molecule has 24 heavy (non-hydrogen) atoms. The Balaban J connectivity index is 0.00000169. The first kappa shape index (κ1) is 17.0. The maximum absolute atomic E-state index is 12.6. The topological polar surface area (TPSA) is 36.7 Å². The predicted octanol–water partition coefficient (Wildman–Crippen LogP) is 3.87. The first-order chi connectivity index (χ1) is 11.3. The Morgan fingerprint density at radius 3 is 2.62 bits per heavy atom. The monoisotopic (exact) mass is 362 g/mol. The second-order valence-electron chi connectivity index (χ2n) is 5.85. The third-order valence-corrected chi connectivity index (χ3v) is 5.01.